The van der Waals surface area contributed by atoms with E-state index in [1.807, 2.05) is 0 Å². The van der Waals surface area contributed by atoms with Gasteiger partial charge in [0.15, 0.2) is 0 Å². The second kappa shape index (κ2) is 6.89. The second-order valence-electron chi connectivity index (χ2n) is 7.87. The van der Waals surface area contributed by atoms with E-state index in [-0.39, 0.29) is 15.8 Å². The molecule has 0 heterocycles. The highest BCUT2D eigenvalue weighted by Gasteiger charge is 2.21. The van der Waals surface area contributed by atoms with Gasteiger partial charge < -0.3 is 0 Å². The first-order valence-electron chi connectivity index (χ1n) is 7.50. The minimum atomic E-state index is 0.0521. The first-order valence-corrected chi connectivity index (χ1v) is 11.5. The molecule has 1 aromatic rings. The van der Waals surface area contributed by atoms with Crippen LogP contribution in [0.2, 0.25) is 0 Å². The van der Waals surface area contributed by atoms with Gasteiger partial charge in [-0.05, 0) is 47.1 Å². The highest BCUT2D eigenvalue weighted by atomic mass is 31.1. The van der Waals surface area contributed by atoms with Crippen molar-refractivity contribution < 1.29 is 0 Å². The van der Waals surface area contributed by atoms with E-state index in [1.165, 1.54) is 23.5 Å². The number of benzene rings is 1. The van der Waals surface area contributed by atoms with Crippen LogP contribution in [0.5, 0.6) is 0 Å². The molecule has 2 unspecified atom stereocenters. The number of hydrogen-bond donors (Lipinski definition) is 0. The van der Waals surface area contributed by atoms with Gasteiger partial charge in [-0.2, -0.15) is 0 Å². The molecule has 0 aliphatic rings. The quantitative estimate of drug-likeness (QED) is 0.556. The topological polar surface area (TPSA) is 0 Å². The lowest BCUT2D eigenvalue weighted by Gasteiger charge is -2.29. The van der Waals surface area contributed by atoms with Crippen LogP contribution < -0.4 is 0 Å². The normalized spacial score (nSPS) is 16.0. The molecule has 0 fully saturated rings. The molecule has 0 bridgehead atoms. The molecule has 0 radical (unpaired) electrons. The van der Waals surface area contributed by atoms with Crippen LogP contribution in [0.15, 0.2) is 24.3 Å². The van der Waals surface area contributed by atoms with Crippen LogP contribution in [0, 0.1) is 0 Å². The minimum absolute atomic E-state index is 0.0521. The Morgan fingerprint density at radius 3 is 1.40 bits per heavy atom. The highest BCUT2D eigenvalue weighted by Crippen LogP contribution is 2.50. The standard InChI is InChI=1S/C18H32P2/c1-17(2,3)19(7)13-15-10-9-11-16(12-15)14-20(8)18(4,5)6/h9-12H,13-14H2,1-8H3. The van der Waals surface area contributed by atoms with Crippen molar-refractivity contribution in [2.75, 3.05) is 13.3 Å². The van der Waals surface area contributed by atoms with E-state index in [9.17, 15) is 0 Å². The van der Waals surface area contributed by atoms with Crippen LogP contribution in [0.4, 0.5) is 0 Å². The fourth-order valence-corrected chi connectivity index (χ4v) is 4.29. The number of hydrogen-bond acceptors (Lipinski definition) is 0. The Hall–Kier alpha value is 0.0800. The van der Waals surface area contributed by atoms with Gasteiger partial charge in [-0.25, -0.2) is 0 Å². The zero-order chi connectivity index (χ0) is 15.6. The van der Waals surface area contributed by atoms with Crippen molar-refractivity contribution in [2.45, 2.75) is 64.2 Å². The molecule has 1 aromatic carbocycles. The van der Waals surface area contributed by atoms with Crippen molar-refractivity contribution >= 4 is 15.8 Å². The highest BCUT2D eigenvalue weighted by molar-refractivity contribution is 7.58. The Morgan fingerprint density at radius 1 is 0.750 bits per heavy atom. The lowest BCUT2D eigenvalue weighted by atomic mass is 10.2. The Labute approximate surface area is 129 Å². The Balaban J connectivity index is 2.76. The fraction of sp³-hybridized carbons (Fsp3) is 0.667. The molecule has 0 nitrogen and oxygen atoms in total. The van der Waals surface area contributed by atoms with Crippen molar-refractivity contribution in [2.24, 2.45) is 0 Å². The summed E-state index contributed by atoms with van der Waals surface area (Å²) in [6, 6.07) is 9.32. The molecule has 1 rings (SSSR count). The van der Waals surface area contributed by atoms with Crippen molar-refractivity contribution in [1.82, 2.24) is 0 Å². The largest absolute Gasteiger partial charge is 0.0999 e. The second-order valence-corrected chi connectivity index (χ2v) is 14.0. The third-order valence-corrected chi connectivity index (χ3v) is 10.4. The van der Waals surface area contributed by atoms with Crippen LogP contribution in [0.1, 0.15) is 52.7 Å². The molecule has 2 atom stereocenters. The lowest BCUT2D eigenvalue weighted by molar-refractivity contribution is 0.782. The van der Waals surface area contributed by atoms with Gasteiger partial charge in [0.25, 0.3) is 0 Å². The molecule has 0 aliphatic carbocycles. The summed E-state index contributed by atoms with van der Waals surface area (Å²) in [5.74, 6) is 0. The van der Waals surface area contributed by atoms with Gasteiger partial charge in [0.05, 0.1) is 0 Å². The van der Waals surface area contributed by atoms with E-state index < -0.39 is 0 Å². The molecule has 114 valence electrons. The molecule has 0 aromatic heterocycles. The zero-order valence-corrected chi connectivity index (χ0v) is 16.4. The van der Waals surface area contributed by atoms with Crippen LogP contribution in [-0.2, 0) is 12.3 Å². The third-order valence-electron chi connectivity index (χ3n) is 4.12. The number of rotatable bonds is 4. The zero-order valence-electron chi connectivity index (χ0n) is 14.6. The Kier molecular flexibility index (Phi) is 6.25. The summed E-state index contributed by atoms with van der Waals surface area (Å²) in [5, 5.41) is 0.905. The predicted octanol–water partition coefficient (Wildman–Crippen LogP) is 6.51. The van der Waals surface area contributed by atoms with Crippen LogP contribution in [0.3, 0.4) is 0 Å². The van der Waals surface area contributed by atoms with Gasteiger partial charge >= 0.3 is 0 Å². The predicted molar refractivity (Wildman–Crippen MR) is 99.0 cm³/mol. The lowest BCUT2D eigenvalue weighted by Crippen LogP contribution is -2.12. The van der Waals surface area contributed by atoms with Crippen LogP contribution in [-0.4, -0.2) is 23.6 Å². The van der Waals surface area contributed by atoms with Gasteiger partial charge in [-0.1, -0.05) is 81.7 Å². The van der Waals surface area contributed by atoms with E-state index >= 15 is 0 Å². The third kappa shape index (κ3) is 5.83. The molecule has 0 spiro atoms. The Bertz CT molecular complexity index is 387. The fourth-order valence-electron chi connectivity index (χ4n) is 1.85. The summed E-state index contributed by atoms with van der Waals surface area (Å²) in [6.45, 7) is 19.1. The average Bonchev–Trinajstić information content (AvgIpc) is 2.26. The summed E-state index contributed by atoms with van der Waals surface area (Å²) >= 11 is 0. The first-order chi connectivity index (χ1) is 9.00. The van der Waals surface area contributed by atoms with E-state index in [4.69, 9.17) is 0 Å². The Morgan fingerprint density at radius 2 is 1.10 bits per heavy atom. The van der Waals surface area contributed by atoms with Crippen molar-refractivity contribution in [3.05, 3.63) is 35.4 Å². The summed E-state index contributed by atoms with van der Waals surface area (Å²) in [7, 11) is 0.104. The summed E-state index contributed by atoms with van der Waals surface area (Å²) < 4.78 is 0. The average molecular weight is 310 g/mol. The van der Waals surface area contributed by atoms with E-state index in [2.05, 4.69) is 79.1 Å². The SMILES string of the molecule is CP(Cc1cccc(CP(C)C(C)(C)C)c1)C(C)(C)C. The summed E-state index contributed by atoms with van der Waals surface area (Å²) in [5.41, 5.74) is 3.06. The van der Waals surface area contributed by atoms with Gasteiger partial charge in [0, 0.05) is 0 Å². The van der Waals surface area contributed by atoms with E-state index in [0.29, 0.717) is 10.3 Å². The molecule has 2 heteroatoms. The maximum Gasteiger partial charge on any atom is -0.00708 e. The van der Waals surface area contributed by atoms with Crippen LogP contribution in [0.25, 0.3) is 0 Å². The molecule has 0 N–H and O–H groups in total. The molecular weight excluding hydrogens is 278 g/mol. The summed E-state index contributed by atoms with van der Waals surface area (Å²) in [4.78, 5) is 0. The minimum Gasteiger partial charge on any atom is -0.0999 e. The molecular formula is C18H32P2. The van der Waals surface area contributed by atoms with Gasteiger partial charge in [0.1, 0.15) is 0 Å². The molecule has 0 saturated heterocycles. The molecule has 20 heavy (non-hydrogen) atoms. The smallest absolute Gasteiger partial charge is 0.00708 e. The molecule has 0 saturated carbocycles. The first kappa shape index (κ1) is 18.1. The monoisotopic (exact) mass is 310 g/mol. The van der Waals surface area contributed by atoms with E-state index in [1.54, 1.807) is 0 Å². The molecule has 0 amide bonds. The van der Waals surface area contributed by atoms with Crippen LogP contribution >= 0.6 is 15.8 Å². The van der Waals surface area contributed by atoms with Gasteiger partial charge in [-0.15, -0.1) is 0 Å². The van der Waals surface area contributed by atoms with Crippen molar-refractivity contribution in [3.63, 3.8) is 0 Å². The maximum absolute atomic E-state index is 2.45. The van der Waals surface area contributed by atoms with Gasteiger partial charge in [0.2, 0.25) is 0 Å². The van der Waals surface area contributed by atoms with Gasteiger partial charge in [-0.3, -0.25) is 0 Å². The van der Waals surface area contributed by atoms with Crippen molar-refractivity contribution in [1.29, 1.82) is 0 Å². The maximum atomic E-state index is 2.45. The molecule has 0 aliphatic heterocycles. The van der Waals surface area contributed by atoms with E-state index in [0.717, 1.165) is 0 Å². The summed E-state index contributed by atoms with van der Waals surface area (Å²) in [6.07, 6.45) is 2.51. The van der Waals surface area contributed by atoms with Crippen molar-refractivity contribution in [3.8, 4) is 0 Å².